The maximum absolute atomic E-state index is 10.3. The van der Waals surface area contributed by atoms with Crippen molar-refractivity contribution >= 4 is 0 Å². The molecule has 0 aromatic heterocycles. The van der Waals surface area contributed by atoms with Crippen molar-refractivity contribution < 1.29 is 5.11 Å². The second-order valence-electron chi connectivity index (χ2n) is 5.99. The van der Waals surface area contributed by atoms with Gasteiger partial charge in [-0.05, 0) is 44.6 Å². The zero-order chi connectivity index (χ0) is 14.0. The summed E-state index contributed by atoms with van der Waals surface area (Å²) in [5, 5.41) is 10.3. The highest BCUT2D eigenvalue weighted by molar-refractivity contribution is 5.46. The Balaban J connectivity index is 2.37. The summed E-state index contributed by atoms with van der Waals surface area (Å²) in [4.78, 5) is 2.18. The van der Waals surface area contributed by atoms with Crippen LogP contribution in [-0.2, 0) is 5.60 Å². The van der Waals surface area contributed by atoms with Crippen LogP contribution in [0, 0.1) is 0 Å². The van der Waals surface area contributed by atoms with Crippen molar-refractivity contribution in [1.29, 1.82) is 0 Å². The number of rotatable bonds is 4. The quantitative estimate of drug-likeness (QED) is 0.896. The smallest absolute Gasteiger partial charge is 0.0843 e. The van der Waals surface area contributed by atoms with Crippen LogP contribution in [0.5, 0.6) is 0 Å². The molecule has 1 N–H and O–H groups in total. The molecule has 2 nitrogen and oxygen atoms in total. The van der Waals surface area contributed by atoms with E-state index in [0.717, 1.165) is 12.1 Å². The largest absolute Gasteiger partial charge is 0.386 e. The number of allylic oxidation sites excluding steroid dienone is 3. The van der Waals surface area contributed by atoms with E-state index in [0.29, 0.717) is 0 Å². The van der Waals surface area contributed by atoms with Crippen LogP contribution in [0.4, 0.5) is 0 Å². The summed E-state index contributed by atoms with van der Waals surface area (Å²) >= 11 is 0. The fourth-order valence-electron chi connectivity index (χ4n) is 2.66. The van der Waals surface area contributed by atoms with Gasteiger partial charge in [-0.15, -0.1) is 0 Å². The first-order valence-corrected chi connectivity index (χ1v) is 6.73. The number of nitrogens with zero attached hydrogens (tertiary/aromatic N) is 1. The van der Waals surface area contributed by atoms with Gasteiger partial charge in [-0.2, -0.15) is 0 Å². The predicted octanol–water partition coefficient (Wildman–Crippen LogP) is 3.06. The Morgan fingerprint density at radius 1 is 1.21 bits per heavy atom. The summed E-state index contributed by atoms with van der Waals surface area (Å²) in [6, 6.07) is 8.18. The van der Waals surface area contributed by atoms with Crippen LogP contribution in [0.15, 0.2) is 48.1 Å². The van der Waals surface area contributed by atoms with Crippen LogP contribution in [0.1, 0.15) is 30.9 Å². The van der Waals surface area contributed by atoms with Crippen LogP contribution in [0.25, 0.3) is 0 Å². The van der Waals surface area contributed by atoms with Gasteiger partial charge in [0.05, 0.1) is 5.60 Å². The summed E-state index contributed by atoms with van der Waals surface area (Å²) in [7, 11) is 4.16. The molecule has 1 aliphatic rings. The van der Waals surface area contributed by atoms with Gasteiger partial charge in [0.25, 0.3) is 0 Å². The molecular weight excluding hydrogens is 234 g/mol. The molecule has 19 heavy (non-hydrogen) atoms. The second kappa shape index (κ2) is 5.32. The molecule has 0 fully saturated rings. The van der Waals surface area contributed by atoms with Gasteiger partial charge in [0.2, 0.25) is 0 Å². The van der Waals surface area contributed by atoms with Gasteiger partial charge >= 0.3 is 0 Å². The summed E-state index contributed by atoms with van der Waals surface area (Å²) in [5.74, 6) is 0.282. The molecule has 0 bridgehead atoms. The molecule has 1 unspecified atom stereocenters. The monoisotopic (exact) mass is 257 g/mol. The Kier molecular flexibility index (Phi) is 3.93. The lowest BCUT2D eigenvalue weighted by Gasteiger charge is -2.26. The Hall–Kier alpha value is -1.38. The average molecular weight is 257 g/mol. The van der Waals surface area contributed by atoms with Crippen LogP contribution in [-0.4, -0.2) is 30.6 Å². The lowest BCUT2D eigenvalue weighted by molar-refractivity contribution is 0.0775. The summed E-state index contributed by atoms with van der Waals surface area (Å²) in [6.45, 7) is 4.64. The summed E-state index contributed by atoms with van der Waals surface area (Å²) in [6.07, 6.45) is 6.51. The zero-order valence-corrected chi connectivity index (χ0v) is 12.2. The predicted molar refractivity (Wildman–Crippen MR) is 80.2 cm³/mol. The van der Waals surface area contributed by atoms with Crippen molar-refractivity contribution in [3.8, 4) is 0 Å². The van der Waals surface area contributed by atoms with Gasteiger partial charge in [0.15, 0.2) is 0 Å². The van der Waals surface area contributed by atoms with Gasteiger partial charge in [0, 0.05) is 12.5 Å². The van der Waals surface area contributed by atoms with Crippen LogP contribution < -0.4 is 0 Å². The first kappa shape index (κ1) is 14.0. The number of likely N-dealkylation sites (N-methyl/N-ethyl adjacent to an activating group) is 1. The molecule has 0 radical (unpaired) electrons. The number of hydrogen-bond acceptors (Lipinski definition) is 2. The maximum atomic E-state index is 10.3. The van der Waals surface area contributed by atoms with Crippen LogP contribution in [0.2, 0.25) is 0 Å². The van der Waals surface area contributed by atoms with Gasteiger partial charge in [-0.25, -0.2) is 0 Å². The number of aliphatic hydroxyl groups is 1. The Morgan fingerprint density at radius 2 is 1.89 bits per heavy atom. The van der Waals surface area contributed by atoms with Gasteiger partial charge in [-0.1, -0.05) is 42.5 Å². The zero-order valence-electron chi connectivity index (χ0n) is 12.2. The molecule has 2 rings (SSSR count). The molecule has 0 spiro atoms. The molecule has 1 atom stereocenters. The van der Waals surface area contributed by atoms with E-state index in [2.05, 4.69) is 43.3 Å². The first-order valence-electron chi connectivity index (χ1n) is 6.73. The van der Waals surface area contributed by atoms with Gasteiger partial charge in [0.1, 0.15) is 0 Å². The second-order valence-corrected chi connectivity index (χ2v) is 5.99. The Morgan fingerprint density at radius 3 is 2.53 bits per heavy atom. The van der Waals surface area contributed by atoms with Crippen molar-refractivity contribution in [2.24, 2.45) is 0 Å². The third kappa shape index (κ3) is 3.14. The SMILES string of the molecule is CN(C)CC1=CC=CC1c1ccccc1C(C)(C)O. The summed E-state index contributed by atoms with van der Waals surface area (Å²) < 4.78 is 0. The topological polar surface area (TPSA) is 23.5 Å². The molecule has 0 saturated carbocycles. The molecular formula is C17H23NO. The molecule has 0 amide bonds. The summed E-state index contributed by atoms with van der Waals surface area (Å²) in [5.41, 5.74) is 2.78. The van der Waals surface area contributed by atoms with Gasteiger partial charge < -0.3 is 10.0 Å². The molecule has 1 aliphatic carbocycles. The van der Waals surface area contributed by atoms with Gasteiger partial charge in [-0.3, -0.25) is 0 Å². The average Bonchev–Trinajstić information content (AvgIpc) is 2.75. The molecule has 0 heterocycles. The van der Waals surface area contributed by atoms with Crippen molar-refractivity contribution in [1.82, 2.24) is 4.90 Å². The highest BCUT2D eigenvalue weighted by Gasteiger charge is 2.26. The molecule has 2 heteroatoms. The van der Waals surface area contributed by atoms with E-state index in [1.165, 1.54) is 11.1 Å². The Bertz CT molecular complexity index is 506. The minimum atomic E-state index is -0.809. The van der Waals surface area contributed by atoms with Crippen molar-refractivity contribution in [3.63, 3.8) is 0 Å². The molecule has 1 aromatic rings. The number of hydrogen-bond donors (Lipinski definition) is 1. The standard InChI is InChI=1S/C17H23NO/c1-17(2,19)16-11-6-5-9-15(16)14-10-7-8-13(14)12-18(3)4/h5-11,14,19H,12H2,1-4H3. The Labute approximate surface area is 116 Å². The van der Waals surface area contributed by atoms with E-state index < -0.39 is 5.60 Å². The van der Waals surface area contributed by atoms with Crippen molar-refractivity contribution in [3.05, 3.63) is 59.2 Å². The lowest BCUT2D eigenvalue weighted by Crippen LogP contribution is -2.21. The molecule has 0 saturated heterocycles. The first-order chi connectivity index (χ1) is 8.89. The molecule has 1 aromatic carbocycles. The maximum Gasteiger partial charge on any atom is 0.0843 e. The van der Waals surface area contributed by atoms with E-state index in [1.807, 2.05) is 32.0 Å². The van der Waals surface area contributed by atoms with E-state index in [4.69, 9.17) is 0 Å². The van der Waals surface area contributed by atoms with E-state index in [1.54, 1.807) is 0 Å². The third-order valence-electron chi connectivity index (χ3n) is 3.47. The van der Waals surface area contributed by atoms with E-state index in [9.17, 15) is 5.11 Å². The van der Waals surface area contributed by atoms with Crippen molar-refractivity contribution in [2.45, 2.75) is 25.4 Å². The van der Waals surface area contributed by atoms with Crippen molar-refractivity contribution in [2.75, 3.05) is 20.6 Å². The number of benzene rings is 1. The molecule has 102 valence electrons. The third-order valence-corrected chi connectivity index (χ3v) is 3.47. The van der Waals surface area contributed by atoms with Crippen LogP contribution >= 0.6 is 0 Å². The normalized spacial score (nSPS) is 19.1. The molecule has 0 aliphatic heterocycles. The van der Waals surface area contributed by atoms with E-state index >= 15 is 0 Å². The lowest BCUT2D eigenvalue weighted by atomic mass is 9.84. The minimum Gasteiger partial charge on any atom is -0.386 e. The highest BCUT2D eigenvalue weighted by atomic mass is 16.3. The highest BCUT2D eigenvalue weighted by Crippen LogP contribution is 2.36. The fourth-order valence-corrected chi connectivity index (χ4v) is 2.66. The minimum absolute atomic E-state index is 0.282. The van der Waals surface area contributed by atoms with E-state index in [-0.39, 0.29) is 5.92 Å². The van der Waals surface area contributed by atoms with Crippen LogP contribution in [0.3, 0.4) is 0 Å². The fraction of sp³-hybridized carbons (Fsp3) is 0.412.